The third kappa shape index (κ3) is 5.78. The van der Waals surface area contributed by atoms with Crippen LogP contribution in [0.5, 0.6) is 0 Å². The van der Waals surface area contributed by atoms with Crippen molar-refractivity contribution in [1.29, 1.82) is 0 Å². The maximum atomic E-state index is 5.38. The van der Waals surface area contributed by atoms with E-state index < -0.39 is 0 Å². The Morgan fingerprint density at radius 2 is 0.787 bits per heavy atom. The second-order valence-corrected chi connectivity index (χ2v) is 15.4. The fourth-order valence-electron chi connectivity index (χ4n) is 9.10. The standard InChI is InChI=1S/C56H35N5/c1-4-18-36(19-5-1)40-29-16-30-46-44-27-14-15-33-50(44)61(53(40)46)51-35-39(34-47-43-26-11-10-24-41(43)42-25-12-13-28-45(42)52(47)51)48-31-17-32-49(57-48)56-59-54(37-20-6-2-7-21-37)58-55(60-56)38-22-8-3-9-23-38/h1-35H. The zero-order chi connectivity index (χ0) is 40.3. The van der Waals surface area contributed by atoms with Gasteiger partial charge in [0.25, 0.3) is 0 Å². The predicted octanol–water partition coefficient (Wildman–Crippen LogP) is 14.2. The average molecular weight is 778 g/mol. The first-order valence-corrected chi connectivity index (χ1v) is 20.6. The molecule has 0 spiro atoms. The van der Waals surface area contributed by atoms with Crippen molar-refractivity contribution in [2.75, 3.05) is 0 Å². The SMILES string of the molecule is c1ccc(-c2nc(-c3ccccc3)nc(-c3cccc(-c4cc(-n5c6ccccc6c6cccc(-c7ccccc7)c65)c5c6ccccc6c6ccccc6c5c4)n3)n2)cc1. The summed E-state index contributed by atoms with van der Waals surface area (Å²) in [7, 11) is 0. The van der Waals surface area contributed by atoms with Gasteiger partial charge in [-0.15, -0.1) is 0 Å². The molecule has 0 N–H and O–H groups in total. The van der Waals surface area contributed by atoms with Gasteiger partial charge in [-0.2, -0.15) is 0 Å². The molecule has 0 atom stereocenters. The van der Waals surface area contributed by atoms with E-state index in [1.165, 1.54) is 54.3 Å². The Morgan fingerprint density at radius 1 is 0.295 bits per heavy atom. The summed E-state index contributed by atoms with van der Waals surface area (Å²) in [5.41, 5.74) is 10.1. The van der Waals surface area contributed by atoms with Crippen LogP contribution in [-0.2, 0) is 0 Å². The lowest BCUT2D eigenvalue weighted by Gasteiger charge is -2.19. The van der Waals surface area contributed by atoms with E-state index >= 15 is 0 Å². The number of hydrogen-bond acceptors (Lipinski definition) is 4. The van der Waals surface area contributed by atoms with Crippen molar-refractivity contribution in [3.8, 4) is 62.4 Å². The molecule has 0 radical (unpaired) electrons. The molecule has 3 heterocycles. The van der Waals surface area contributed by atoms with Crippen LogP contribution in [0.2, 0.25) is 0 Å². The minimum Gasteiger partial charge on any atom is -0.308 e. The Kier molecular flexibility index (Phi) is 8.10. The molecule has 0 unspecified atom stereocenters. The summed E-state index contributed by atoms with van der Waals surface area (Å²) >= 11 is 0. The van der Waals surface area contributed by atoms with E-state index in [1.54, 1.807) is 0 Å². The lowest BCUT2D eigenvalue weighted by Crippen LogP contribution is -2.02. The molecular formula is C56H35N5. The smallest absolute Gasteiger partial charge is 0.182 e. The van der Waals surface area contributed by atoms with Gasteiger partial charge >= 0.3 is 0 Å². The first-order chi connectivity index (χ1) is 30.3. The normalized spacial score (nSPS) is 11.6. The Labute approximate surface area is 351 Å². The van der Waals surface area contributed by atoms with E-state index in [0.29, 0.717) is 23.2 Å². The van der Waals surface area contributed by atoms with Crippen LogP contribution >= 0.6 is 0 Å². The van der Waals surface area contributed by atoms with Crippen molar-refractivity contribution in [1.82, 2.24) is 24.5 Å². The molecular weight excluding hydrogens is 743 g/mol. The zero-order valence-electron chi connectivity index (χ0n) is 32.9. The maximum absolute atomic E-state index is 5.38. The number of rotatable bonds is 6. The van der Waals surface area contributed by atoms with Crippen LogP contribution in [0.1, 0.15) is 0 Å². The summed E-state index contributed by atoms with van der Waals surface area (Å²) in [6, 6.07) is 74.7. The number of fused-ring (bicyclic) bond motifs is 9. The van der Waals surface area contributed by atoms with Gasteiger partial charge in [-0.3, -0.25) is 0 Å². The van der Waals surface area contributed by atoms with Crippen LogP contribution in [0.25, 0.3) is 116 Å². The number of aromatic nitrogens is 5. The highest BCUT2D eigenvalue weighted by atomic mass is 15.0. The molecule has 5 heteroatoms. The minimum absolute atomic E-state index is 0.516. The first-order valence-electron chi connectivity index (χ1n) is 20.6. The van der Waals surface area contributed by atoms with Gasteiger partial charge in [-0.25, -0.2) is 19.9 Å². The maximum Gasteiger partial charge on any atom is 0.182 e. The van der Waals surface area contributed by atoms with Gasteiger partial charge < -0.3 is 4.57 Å². The lowest BCUT2D eigenvalue weighted by atomic mass is 9.91. The molecule has 0 bridgehead atoms. The largest absolute Gasteiger partial charge is 0.308 e. The number of benzene rings is 9. The number of nitrogens with zero attached hydrogens (tertiary/aromatic N) is 5. The van der Waals surface area contributed by atoms with Crippen molar-refractivity contribution in [3.05, 3.63) is 212 Å². The number of hydrogen-bond donors (Lipinski definition) is 0. The number of pyridine rings is 1. The molecule has 61 heavy (non-hydrogen) atoms. The van der Waals surface area contributed by atoms with Gasteiger partial charge in [0.15, 0.2) is 17.5 Å². The molecule has 0 fully saturated rings. The molecule has 5 nitrogen and oxygen atoms in total. The van der Waals surface area contributed by atoms with Crippen molar-refractivity contribution >= 4 is 54.1 Å². The van der Waals surface area contributed by atoms with Crippen LogP contribution in [0.3, 0.4) is 0 Å². The summed E-state index contributed by atoms with van der Waals surface area (Å²) in [5, 5.41) is 9.60. The van der Waals surface area contributed by atoms with E-state index in [1.807, 2.05) is 66.7 Å². The third-order valence-electron chi connectivity index (χ3n) is 11.8. The molecule has 3 aromatic heterocycles. The molecule has 0 aliphatic carbocycles. The summed E-state index contributed by atoms with van der Waals surface area (Å²) in [6.45, 7) is 0. The van der Waals surface area contributed by atoms with Crippen LogP contribution in [-0.4, -0.2) is 24.5 Å². The van der Waals surface area contributed by atoms with Gasteiger partial charge in [0.2, 0.25) is 0 Å². The molecule has 9 aromatic carbocycles. The Bertz CT molecular complexity index is 3580. The van der Waals surface area contributed by atoms with Crippen molar-refractivity contribution in [2.45, 2.75) is 0 Å². The van der Waals surface area contributed by atoms with Gasteiger partial charge in [-0.1, -0.05) is 182 Å². The van der Waals surface area contributed by atoms with E-state index in [4.69, 9.17) is 19.9 Å². The summed E-state index contributed by atoms with van der Waals surface area (Å²) in [6.07, 6.45) is 0. The minimum atomic E-state index is 0.516. The molecule has 12 rings (SSSR count). The van der Waals surface area contributed by atoms with Crippen molar-refractivity contribution in [2.24, 2.45) is 0 Å². The fraction of sp³-hybridized carbons (Fsp3) is 0. The highest BCUT2D eigenvalue weighted by molar-refractivity contribution is 6.28. The van der Waals surface area contributed by atoms with Crippen LogP contribution in [0.15, 0.2) is 212 Å². The monoisotopic (exact) mass is 777 g/mol. The summed E-state index contributed by atoms with van der Waals surface area (Å²) in [4.78, 5) is 20.4. The van der Waals surface area contributed by atoms with Gasteiger partial charge in [-0.05, 0) is 62.8 Å². The predicted molar refractivity (Wildman–Crippen MR) is 252 cm³/mol. The highest BCUT2D eigenvalue weighted by Gasteiger charge is 2.22. The molecule has 0 amide bonds. The van der Waals surface area contributed by atoms with Gasteiger partial charge in [0.05, 0.1) is 22.4 Å². The first kappa shape index (κ1) is 34.7. The quantitative estimate of drug-likeness (QED) is 0.158. The van der Waals surface area contributed by atoms with E-state index in [-0.39, 0.29) is 0 Å². The third-order valence-corrected chi connectivity index (χ3v) is 11.8. The van der Waals surface area contributed by atoms with Crippen molar-refractivity contribution < 1.29 is 0 Å². The molecule has 0 saturated carbocycles. The molecule has 12 aromatic rings. The van der Waals surface area contributed by atoms with Gasteiger partial charge in [0.1, 0.15) is 5.69 Å². The van der Waals surface area contributed by atoms with E-state index in [9.17, 15) is 0 Å². The van der Waals surface area contributed by atoms with Gasteiger partial charge in [0, 0.05) is 38.4 Å². The van der Waals surface area contributed by atoms with E-state index in [2.05, 4.69) is 150 Å². The van der Waals surface area contributed by atoms with E-state index in [0.717, 1.165) is 39.0 Å². The topological polar surface area (TPSA) is 56.5 Å². The fourth-order valence-corrected chi connectivity index (χ4v) is 9.10. The Hall–Kier alpha value is -8.28. The zero-order valence-corrected chi connectivity index (χ0v) is 32.9. The average Bonchev–Trinajstić information content (AvgIpc) is 3.69. The van der Waals surface area contributed by atoms with Crippen LogP contribution in [0, 0.1) is 0 Å². The summed E-state index contributed by atoms with van der Waals surface area (Å²) < 4.78 is 2.49. The lowest BCUT2D eigenvalue weighted by molar-refractivity contribution is 1.06. The second kappa shape index (κ2) is 14.2. The van der Waals surface area contributed by atoms with Crippen LogP contribution in [0.4, 0.5) is 0 Å². The highest BCUT2D eigenvalue weighted by Crippen LogP contribution is 2.45. The molecule has 0 saturated heterocycles. The Morgan fingerprint density at radius 3 is 1.46 bits per heavy atom. The number of para-hydroxylation sites is 2. The second-order valence-electron chi connectivity index (χ2n) is 15.4. The molecule has 0 aliphatic heterocycles. The summed E-state index contributed by atoms with van der Waals surface area (Å²) in [5.74, 6) is 1.72. The molecule has 284 valence electrons. The van der Waals surface area contributed by atoms with Crippen LogP contribution < -0.4 is 0 Å². The molecule has 0 aliphatic rings. The Balaban J connectivity index is 1.17. The van der Waals surface area contributed by atoms with Crippen molar-refractivity contribution in [3.63, 3.8) is 0 Å².